The number of sulfone groups is 1. The Bertz CT molecular complexity index is 671. The maximum absolute atomic E-state index is 12.9. The molecule has 0 aliphatic heterocycles. The van der Waals surface area contributed by atoms with Gasteiger partial charge in [-0.05, 0) is 24.3 Å². The van der Waals surface area contributed by atoms with Gasteiger partial charge in [0, 0.05) is 12.3 Å². The number of benzene rings is 1. The number of pyridine rings is 1. The molecular weight excluding hydrogens is 257 g/mol. The average Bonchev–Trinajstić information content (AvgIpc) is 2.28. The first-order valence-electron chi connectivity index (χ1n) is 5.06. The Labute approximate surface area is 104 Å². The summed E-state index contributed by atoms with van der Waals surface area (Å²) in [5.41, 5.74) is 0. The van der Waals surface area contributed by atoms with E-state index < -0.39 is 15.8 Å². The lowest BCUT2D eigenvalue weighted by Gasteiger charge is -2.05. The van der Waals surface area contributed by atoms with E-state index in [1.165, 1.54) is 30.3 Å². The second-order valence-corrected chi connectivity index (χ2v) is 5.66. The van der Waals surface area contributed by atoms with Gasteiger partial charge in [0.1, 0.15) is 5.75 Å². The van der Waals surface area contributed by atoms with E-state index in [0.717, 1.165) is 6.26 Å². The molecular formula is C12H10FNO3S. The van der Waals surface area contributed by atoms with E-state index in [4.69, 9.17) is 4.74 Å². The Morgan fingerprint density at radius 1 is 1.17 bits per heavy atom. The Morgan fingerprint density at radius 2 is 1.89 bits per heavy atom. The second kappa shape index (κ2) is 4.73. The largest absolute Gasteiger partial charge is 0.439 e. The summed E-state index contributed by atoms with van der Waals surface area (Å²) in [5, 5.41) is 0. The Morgan fingerprint density at radius 3 is 2.56 bits per heavy atom. The molecule has 0 aliphatic carbocycles. The van der Waals surface area contributed by atoms with E-state index in [9.17, 15) is 12.8 Å². The topological polar surface area (TPSA) is 56.3 Å². The molecule has 0 aliphatic rings. The van der Waals surface area contributed by atoms with Gasteiger partial charge in [0.25, 0.3) is 0 Å². The first kappa shape index (κ1) is 12.5. The van der Waals surface area contributed by atoms with Crippen LogP contribution in [0, 0.1) is 5.95 Å². The maximum atomic E-state index is 12.9. The number of aromatic nitrogens is 1. The molecule has 0 unspecified atom stereocenters. The highest BCUT2D eigenvalue weighted by atomic mass is 32.2. The van der Waals surface area contributed by atoms with Gasteiger partial charge < -0.3 is 4.74 Å². The van der Waals surface area contributed by atoms with Gasteiger partial charge in [-0.2, -0.15) is 9.37 Å². The molecule has 2 rings (SSSR count). The van der Waals surface area contributed by atoms with Crippen LogP contribution in [-0.4, -0.2) is 19.7 Å². The molecule has 0 radical (unpaired) electrons. The van der Waals surface area contributed by atoms with E-state index in [-0.39, 0.29) is 16.5 Å². The van der Waals surface area contributed by atoms with Gasteiger partial charge in [0.05, 0.1) is 4.90 Å². The quantitative estimate of drug-likeness (QED) is 0.801. The van der Waals surface area contributed by atoms with Crippen LogP contribution in [-0.2, 0) is 9.84 Å². The lowest BCUT2D eigenvalue weighted by molar-refractivity contribution is 0.444. The van der Waals surface area contributed by atoms with Crippen molar-refractivity contribution in [3.05, 3.63) is 48.4 Å². The van der Waals surface area contributed by atoms with E-state index in [2.05, 4.69) is 4.98 Å². The predicted molar refractivity (Wildman–Crippen MR) is 63.8 cm³/mol. The zero-order chi connectivity index (χ0) is 13.2. The van der Waals surface area contributed by atoms with E-state index >= 15 is 0 Å². The van der Waals surface area contributed by atoms with Gasteiger partial charge >= 0.3 is 0 Å². The van der Waals surface area contributed by atoms with Crippen molar-refractivity contribution in [3.8, 4) is 11.6 Å². The lowest BCUT2D eigenvalue weighted by Crippen LogP contribution is -1.97. The summed E-state index contributed by atoms with van der Waals surface area (Å²) in [6, 6.07) is 10.1. The van der Waals surface area contributed by atoms with Crippen molar-refractivity contribution in [1.29, 1.82) is 0 Å². The van der Waals surface area contributed by atoms with Gasteiger partial charge in [-0.15, -0.1) is 0 Å². The number of rotatable bonds is 3. The Hall–Kier alpha value is -1.95. The van der Waals surface area contributed by atoms with E-state index in [1.807, 2.05) is 0 Å². The normalized spacial score (nSPS) is 11.2. The van der Waals surface area contributed by atoms with Crippen LogP contribution in [0.1, 0.15) is 0 Å². The molecule has 0 bridgehead atoms. The molecule has 2 aromatic rings. The molecule has 0 amide bonds. The molecule has 6 heteroatoms. The monoisotopic (exact) mass is 267 g/mol. The van der Waals surface area contributed by atoms with Crippen LogP contribution in [0.5, 0.6) is 11.6 Å². The molecule has 1 aromatic carbocycles. The van der Waals surface area contributed by atoms with Crippen molar-refractivity contribution in [1.82, 2.24) is 4.98 Å². The molecule has 0 spiro atoms. The van der Waals surface area contributed by atoms with Gasteiger partial charge in [-0.25, -0.2) is 8.42 Å². The van der Waals surface area contributed by atoms with Crippen LogP contribution in [0.3, 0.4) is 0 Å². The fourth-order valence-electron chi connectivity index (χ4n) is 1.34. The summed E-state index contributed by atoms with van der Waals surface area (Å²) < 4.78 is 40.9. The van der Waals surface area contributed by atoms with Crippen LogP contribution in [0.25, 0.3) is 0 Å². The first-order valence-corrected chi connectivity index (χ1v) is 6.95. The number of nitrogens with zero attached hydrogens (tertiary/aromatic N) is 1. The van der Waals surface area contributed by atoms with Crippen molar-refractivity contribution in [2.45, 2.75) is 4.90 Å². The number of hydrogen-bond donors (Lipinski definition) is 0. The van der Waals surface area contributed by atoms with Crippen LogP contribution < -0.4 is 4.74 Å². The highest BCUT2D eigenvalue weighted by Crippen LogP contribution is 2.22. The second-order valence-electron chi connectivity index (χ2n) is 3.65. The third-order valence-electron chi connectivity index (χ3n) is 2.15. The van der Waals surface area contributed by atoms with Crippen molar-refractivity contribution in [2.75, 3.05) is 6.26 Å². The molecule has 1 aromatic heterocycles. The highest BCUT2D eigenvalue weighted by Gasteiger charge is 2.08. The number of halogens is 1. The average molecular weight is 267 g/mol. The number of ether oxygens (including phenoxy) is 1. The predicted octanol–water partition coefficient (Wildman–Crippen LogP) is 2.42. The summed E-state index contributed by atoms with van der Waals surface area (Å²) >= 11 is 0. The van der Waals surface area contributed by atoms with Crippen molar-refractivity contribution < 1.29 is 17.5 Å². The fraction of sp³-hybridized carbons (Fsp3) is 0.0833. The molecule has 18 heavy (non-hydrogen) atoms. The van der Waals surface area contributed by atoms with Gasteiger partial charge in [0.2, 0.25) is 11.8 Å². The van der Waals surface area contributed by atoms with Crippen molar-refractivity contribution in [2.24, 2.45) is 0 Å². The first-order chi connectivity index (χ1) is 8.45. The van der Waals surface area contributed by atoms with Crippen LogP contribution in [0.15, 0.2) is 47.4 Å². The molecule has 1 heterocycles. The maximum Gasteiger partial charge on any atom is 0.221 e. The third kappa shape index (κ3) is 3.04. The molecule has 0 N–H and O–H groups in total. The van der Waals surface area contributed by atoms with Crippen LogP contribution in [0.4, 0.5) is 4.39 Å². The van der Waals surface area contributed by atoms with Crippen LogP contribution >= 0.6 is 0 Å². The smallest absolute Gasteiger partial charge is 0.221 e. The molecule has 0 atom stereocenters. The zero-order valence-electron chi connectivity index (χ0n) is 9.50. The summed E-state index contributed by atoms with van der Waals surface area (Å²) in [6.07, 6.45) is 1.10. The summed E-state index contributed by atoms with van der Waals surface area (Å²) in [6.45, 7) is 0. The molecule has 4 nitrogen and oxygen atoms in total. The fourth-order valence-corrected chi connectivity index (χ4v) is 1.99. The molecule has 0 saturated heterocycles. The minimum absolute atomic E-state index is 0.0700. The Kier molecular flexibility index (Phi) is 3.29. The number of hydrogen-bond acceptors (Lipinski definition) is 4. The zero-order valence-corrected chi connectivity index (χ0v) is 10.3. The SMILES string of the molecule is CS(=O)(=O)c1cccc(Oc2cccc(F)n2)c1. The minimum atomic E-state index is -3.30. The summed E-state index contributed by atoms with van der Waals surface area (Å²) in [7, 11) is -3.30. The third-order valence-corrected chi connectivity index (χ3v) is 3.26. The van der Waals surface area contributed by atoms with Crippen molar-refractivity contribution >= 4 is 9.84 Å². The Balaban J connectivity index is 2.30. The molecule has 0 saturated carbocycles. The van der Waals surface area contributed by atoms with Crippen molar-refractivity contribution in [3.63, 3.8) is 0 Å². The van der Waals surface area contributed by atoms with E-state index in [1.54, 1.807) is 12.1 Å². The molecule has 0 fully saturated rings. The highest BCUT2D eigenvalue weighted by molar-refractivity contribution is 7.90. The van der Waals surface area contributed by atoms with Gasteiger partial charge in [-0.3, -0.25) is 0 Å². The standard InChI is InChI=1S/C12H10FNO3S/c1-18(15,16)10-5-2-4-9(8-10)17-12-7-3-6-11(13)14-12/h2-8H,1H3. The minimum Gasteiger partial charge on any atom is -0.439 e. The summed E-state index contributed by atoms with van der Waals surface area (Å²) in [4.78, 5) is 3.66. The molecule has 94 valence electrons. The lowest BCUT2D eigenvalue weighted by atomic mass is 10.3. The van der Waals surface area contributed by atoms with E-state index in [0.29, 0.717) is 0 Å². The van der Waals surface area contributed by atoms with Gasteiger partial charge in [0.15, 0.2) is 9.84 Å². The summed E-state index contributed by atoms with van der Waals surface area (Å²) in [5.74, 6) is -0.302. The van der Waals surface area contributed by atoms with Crippen LogP contribution in [0.2, 0.25) is 0 Å². The van der Waals surface area contributed by atoms with Gasteiger partial charge in [-0.1, -0.05) is 12.1 Å².